The fraction of sp³-hybridized carbons (Fsp3) is 0. The molecule has 0 radical (unpaired) electrons. The molecule has 0 bridgehead atoms. The molecule has 0 aliphatic heterocycles. The van der Waals surface area contributed by atoms with Gasteiger partial charge in [-0.2, -0.15) is 0 Å². The van der Waals surface area contributed by atoms with Crippen LogP contribution in [0.1, 0.15) is 0 Å². The van der Waals surface area contributed by atoms with Crippen LogP contribution >= 0.6 is 17.4 Å². The molecule has 0 heterocycles. The summed E-state index contributed by atoms with van der Waals surface area (Å²) in [5.41, 5.74) is 0. The van der Waals surface area contributed by atoms with Crippen molar-refractivity contribution in [1.82, 2.24) is 0 Å². The summed E-state index contributed by atoms with van der Waals surface area (Å²) in [5.74, 6) is 0. The van der Waals surface area contributed by atoms with Gasteiger partial charge in [-0.3, -0.25) is 0 Å². The standard InChI is InChI=1S/2C2H4.2HO2P.Zn/c2*1-2;2*1-3-2;/h2*1-2H2;2*(H,1,2);/q;;;;+2. The van der Waals surface area contributed by atoms with Crippen molar-refractivity contribution in [1.29, 1.82) is 0 Å². The van der Waals surface area contributed by atoms with E-state index in [1.807, 2.05) is 0 Å². The number of rotatable bonds is 0. The molecule has 0 saturated heterocycles. The van der Waals surface area contributed by atoms with E-state index in [1.54, 1.807) is 0 Å². The van der Waals surface area contributed by atoms with E-state index in [0.717, 1.165) is 0 Å². The molecule has 0 aromatic carbocycles. The van der Waals surface area contributed by atoms with Crippen molar-refractivity contribution in [2.75, 3.05) is 0 Å². The van der Waals surface area contributed by atoms with Crippen LogP contribution in [0.3, 0.4) is 0 Å². The quantitative estimate of drug-likeness (QED) is 0.391. The Kier molecular flexibility index (Phi) is 484. The Morgan fingerprint density at radius 3 is 0.818 bits per heavy atom. The summed E-state index contributed by atoms with van der Waals surface area (Å²) in [6.07, 6.45) is 0. The van der Waals surface area contributed by atoms with Gasteiger partial charge in [-0.05, 0) is 0 Å². The molecule has 0 rings (SSSR count). The van der Waals surface area contributed by atoms with E-state index < -0.39 is 17.4 Å². The molecule has 0 unspecified atom stereocenters. The van der Waals surface area contributed by atoms with Gasteiger partial charge in [0, 0.05) is 0 Å². The predicted octanol–water partition coefficient (Wildman–Crippen LogP) is 1.97. The Bertz CT molecular complexity index is 56.1. The van der Waals surface area contributed by atoms with Gasteiger partial charge in [0.15, 0.2) is 0 Å². The molecular formula is C4H10O4P2Zn+2. The molecule has 0 aliphatic rings. The first kappa shape index (κ1) is 30.3. The summed E-state index contributed by atoms with van der Waals surface area (Å²) in [5, 5.41) is 0. The Hall–Kier alpha value is 0.223. The molecule has 0 saturated carbocycles. The zero-order valence-corrected chi connectivity index (χ0v) is 10.9. The molecule has 7 heteroatoms. The molecule has 0 amide bonds. The molecule has 11 heavy (non-hydrogen) atoms. The Balaban J connectivity index is -0.0000000144. The minimum absolute atomic E-state index is 0. The largest absolute Gasteiger partial charge is 2.00 e. The zero-order chi connectivity index (χ0) is 9.41. The van der Waals surface area contributed by atoms with Crippen molar-refractivity contribution >= 4 is 17.4 Å². The molecule has 0 fully saturated rings. The molecule has 4 nitrogen and oxygen atoms in total. The van der Waals surface area contributed by atoms with E-state index in [0.29, 0.717) is 0 Å². The third kappa shape index (κ3) is 13900. The Labute approximate surface area is 82.4 Å². The molecule has 0 aliphatic carbocycles. The van der Waals surface area contributed by atoms with Crippen molar-refractivity contribution in [3.63, 3.8) is 0 Å². The molecule has 0 spiro atoms. The third-order valence-electron chi connectivity index (χ3n) is 0. The summed E-state index contributed by atoms with van der Waals surface area (Å²) in [4.78, 5) is 14.0. The Morgan fingerprint density at radius 2 is 0.818 bits per heavy atom. The normalized spacial score (nSPS) is 4.55. The Morgan fingerprint density at radius 1 is 0.818 bits per heavy atom. The van der Waals surface area contributed by atoms with Gasteiger partial charge < -0.3 is 9.79 Å². The maximum absolute atomic E-state index is 8.46. The minimum atomic E-state index is -0.833. The van der Waals surface area contributed by atoms with Crippen LogP contribution in [-0.2, 0) is 28.6 Å². The topological polar surface area (TPSA) is 74.6 Å². The van der Waals surface area contributed by atoms with E-state index in [4.69, 9.17) is 18.9 Å². The minimum Gasteiger partial charge on any atom is -0.310 e. The average Bonchev–Trinajstić information content (AvgIpc) is 1.99. The van der Waals surface area contributed by atoms with Gasteiger partial charge in [-0.1, -0.05) is 0 Å². The fourth-order valence-electron chi connectivity index (χ4n) is 0. The summed E-state index contributed by atoms with van der Waals surface area (Å²) < 4.78 is 16.9. The second-order valence-corrected chi connectivity index (χ2v) is 0.490. The van der Waals surface area contributed by atoms with Gasteiger partial charge >= 0.3 is 36.9 Å². The molecule has 60 valence electrons. The van der Waals surface area contributed by atoms with Gasteiger partial charge in [0.2, 0.25) is 0 Å². The van der Waals surface area contributed by atoms with Crippen LogP contribution in [0.5, 0.6) is 0 Å². The predicted molar refractivity (Wildman–Crippen MR) is 42.2 cm³/mol. The van der Waals surface area contributed by atoms with Crippen LogP contribution in [0.2, 0.25) is 0 Å². The maximum atomic E-state index is 8.46. The smallest absolute Gasteiger partial charge is 0.310 e. The number of hydrogen-bond acceptors (Lipinski definition) is 2. The molecule has 2 N–H and O–H groups in total. The van der Waals surface area contributed by atoms with E-state index in [9.17, 15) is 0 Å². The first-order valence-electron chi connectivity index (χ1n) is 1.77. The first-order chi connectivity index (χ1) is 4.83. The van der Waals surface area contributed by atoms with E-state index in [1.165, 1.54) is 0 Å². The van der Waals surface area contributed by atoms with E-state index in [-0.39, 0.29) is 19.5 Å². The van der Waals surface area contributed by atoms with Crippen LogP contribution in [-0.4, -0.2) is 9.79 Å². The summed E-state index contributed by atoms with van der Waals surface area (Å²) >= 11 is 0. The molecule has 0 aromatic rings. The van der Waals surface area contributed by atoms with Gasteiger partial charge in [0.1, 0.15) is 0 Å². The van der Waals surface area contributed by atoms with Crippen LogP contribution < -0.4 is 0 Å². The first-order valence-corrected chi connectivity index (χ1v) is 3.30. The number of hydrogen-bond donors (Lipinski definition) is 2. The third-order valence-corrected chi connectivity index (χ3v) is 0. The van der Waals surface area contributed by atoms with Crippen molar-refractivity contribution in [3.05, 3.63) is 26.3 Å². The van der Waals surface area contributed by atoms with E-state index in [2.05, 4.69) is 26.3 Å². The van der Waals surface area contributed by atoms with E-state index >= 15 is 0 Å². The van der Waals surface area contributed by atoms with Gasteiger partial charge in [0.05, 0.1) is 0 Å². The summed E-state index contributed by atoms with van der Waals surface area (Å²) in [7, 11) is -1.67. The maximum Gasteiger partial charge on any atom is 2.00 e. The summed E-state index contributed by atoms with van der Waals surface area (Å²) in [6, 6.07) is 0. The monoisotopic (exact) mass is 248 g/mol. The second-order valence-electron chi connectivity index (χ2n) is 0.163. The fourth-order valence-corrected chi connectivity index (χ4v) is 0. The van der Waals surface area contributed by atoms with Crippen molar-refractivity contribution in [2.24, 2.45) is 0 Å². The molecular weight excluding hydrogens is 239 g/mol. The van der Waals surface area contributed by atoms with Crippen LogP contribution in [0.4, 0.5) is 0 Å². The zero-order valence-electron chi connectivity index (χ0n) is 6.14. The van der Waals surface area contributed by atoms with Crippen LogP contribution in [0, 0.1) is 0 Å². The molecule has 0 aromatic heterocycles. The van der Waals surface area contributed by atoms with Crippen LogP contribution in [0.25, 0.3) is 0 Å². The van der Waals surface area contributed by atoms with Crippen LogP contribution in [0.15, 0.2) is 26.3 Å². The van der Waals surface area contributed by atoms with Gasteiger partial charge in [-0.15, -0.1) is 26.3 Å². The second kappa shape index (κ2) is 176. The average molecular weight is 249 g/mol. The van der Waals surface area contributed by atoms with Crippen molar-refractivity contribution in [3.8, 4) is 0 Å². The SMILES string of the molecule is C=C.C=C.O=PO.O=PO.[Zn+2]. The van der Waals surface area contributed by atoms with Crippen molar-refractivity contribution < 1.29 is 38.4 Å². The molecule has 0 atom stereocenters. The van der Waals surface area contributed by atoms with Gasteiger partial charge in [0.25, 0.3) is 0 Å². The summed E-state index contributed by atoms with van der Waals surface area (Å²) in [6.45, 7) is 12.0. The van der Waals surface area contributed by atoms with Crippen molar-refractivity contribution in [2.45, 2.75) is 0 Å². The van der Waals surface area contributed by atoms with Gasteiger partial charge in [-0.25, -0.2) is 9.13 Å².